The van der Waals surface area contributed by atoms with Crippen LogP contribution in [0.4, 0.5) is 5.69 Å². The summed E-state index contributed by atoms with van der Waals surface area (Å²) in [6.07, 6.45) is 1.62. The van der Waals surface area contributed by atoms with E-state index in [0.29, 0.717) is 6.42 Å². The van der Waals surface area contributed by atoms with Crippen molar-refractivity contribution in [3.05, 3.63) is 102 Å². The standard InChI is InChI=1S/C24H24N2O2/c27-17-16-22(20-12-6-2-7-13-20)26-24(28)23(18-19-10-4-1-5-11-19)25-21-14-8-3-9-15-21/h1-15,17,22-23,25H,16,18H2,(H,26,28)/t22-,23+/m1/s1. The molecule has 1 amide bonds. The van der Waals surface area contributed by atoms with Crippen LogP contribution in [0.5, 0.6) is 0 Å². The molecule has 0 fully saturated rings. The van der Waals surface area contributed by atoms with Crippen molar-refractivity contribution in [3.8, 4) is 0 Å². The molecule has 28 heavy (non-hydrogen) atoms. The van der Waals surface area contributed by atoms with Crippen LogP contribution in [0.1, 0.15) is 23.6 Å². The molecule has 0 saturated heterocycles. The first-order valence-corrected chi connectivity index (χ1v) is 9.40. The van der Waals surface area contributed by atoms with Gasteiger partial charge in [-0.3, -0.25) is 4.79 Å². The van der Waals surface area contributed by atoms with Crippen LogP contribution in [0.2, 0.25) is 0 Å². The second-order valence-corrected chi connectivity index (χ2v) is 6.63. The molecule has 4 nitrogen and oxygen atoms in total. The molecule has 3 aromatic carbocycles. The highest BCUT2D eigenvalue weighted by molar-refractivity contribution is 5.85. The number of hydrogen-bond donors (Lipinski definition) is 2. The van der Waals surface area contributed by atoms with Crippen molar-refractivity contribution < 1.29 is 9.59 Å². The van der Waals surface area contributed by atoms with E-state index in [1.54, 1.807) is 0 Å². The maximum absolute atomic E-state index is 13.1. The highest BCUT2D eigenvalue weighted by atomic mass is 16.2. The van der Waals surface area contributed by atoms with Gasteiger partial charge in [0.05, 0.1) is 6.04 Å². The minimum absolute atomic E-state index is 0.136. The molecular weight excluding hydrogens is 348 g/mol. The summed E-state index contributed by atoms with van der Waals surface area (Å²) in [7, 11) is 0. The Hall–Kier alpha value is -3.40. The van der Waals surface area contributed by atoms with Crippen LogP contribution >= 0.6 is 0 Å². The summed E-state index contributed by atoms with van der Waals surface area (Å²) in [5.41, 5.74) is 2.86. The van der Waals surface area contributed by atoms with Gasteiger partial charge in [-0.15, -0.1) is 0 Å². The van der Waals surface area contributed by atoms with E-state index in [0.717, 1.165) is 23.1 Å². The number of amides is 1. The third-order valence-corrected chi connectivity index (χ3v) is 4.56. The lowest BCUT2D eigenvalue weighted by Gasteiger charge is -2.24. The molecule has 3 aromatic rings. The highest BCUT2D eigenvalue weighted by Crippen LogP contribution is 2.17. The largest absolute Gasteiger partial charge is 0.373 e. The van der Waals surface area contributed by atoms with Crippen LogP contribution in [0.3, 0.4) is 0 Å². The van der Waals surface area contributed by atoms with E-state index in [1.807, 2.05) is 91.0 Å². The van der Waals surface area contributed by atoms with E-state index in [2.05, 4.69) is 10.6 Å². The Bertz CT molecular complexity index is 825. The summed E-state index contributed by atoms with van der Waals surface area (Å²) in [6, 6.07) is 28.3. The first-order valence-electron chi connectivity index (χ1n) is 9.40. The molecule has 4 heteroatoms. The molecule has 3 rings (SSSR count). The van der Waals surface area contributed by atoms with E-state index in [1.165, 1.54) is 0 Å². The Morgan fingerprint density at radius 3 is 2.00 bits per heavy atom. The van der Waals surface area contributed by atoms with Gasteiger partial charge in [0.1, 0.15) is 12.3 Å². The molecule has 0 unspecified atom stereocenters. The number of benzene rings is 3. The molecule has 2 atom stereocenters. The summed E-state index contributed by atoms with van der Waals surface area (Å²) in [4.78, 5) is 24.3. The van der Waals surface area contributed by atoms with Gasteiger partial charge < -0.3 is 15.4 Å². The molecule has 0 aliphatic rings. The zero-order valence-electron chi connectivity index (χ0n) is 15.6. The lowest BCUT2D eigenvalue weighted by Crippen LogP contribution is -2.42. The van der Waals surface area contributed by atoms with Crippen LogP contribution in [0.15, 0.2) is 91.0 Å². The third kappa shape index (κ3) is 5.55. The van der Waals surface area contributed by atoms with Crippen LogP contribution in [-0.2, 0) is 16.0 Å². The number of nitrogens with one attached hydrogen (secondary N) is 2. The molecule has 0 aliphatic carbocycles. The maximum atomic E-state index is 13.1. The van der Waals surface area contributed by atoms with Crippen molar-refractivity contribution in [3.63, 3.8) is 0 Å². The fourth-order valence-corrected chi connectivity index (χ4v) is 3.13. The van der Waals surface area contributed by atoms with Crippen molar-refractivity contribution in [2.75, 3.05) is 5.32 Å². The van der Waals surface area contributed by atoms with Crippen molar-refractivity contribution in [2.24, 2.45) is 0 Å². The van der Waals surface area contributed by atoms with Crippen molar-refractivity contribution in [1.82, 2.24) is 5.32 Å². The summed E-state index contributed by atoms with van der Waals surface area (Å²) >= 11 is 0. The Morgan fingerprint density at radius 2 is 1.39 bits per heavy atom. The lowest BCUT2D eigenvalue weighted by molar-refractivity contribution is -0.122. The molecule has 0 heterocycles. The van der Waals surface area contributed by atoms with Crippen molar-refractivity contribution in [2.45, 2.75) is 24.9 Å². The van der Waals surface area contributed by atoms with Crippen LogP contribution in [0.25, 0.3) is 0 Å². The molecule has 0 bridgehead atoms. The van der Waals surface area contributed by atoms with Gasteiger partial charge in [-0.25, -0.2) is 0 Å². The molecule has 2 N–H and O–H groups in total. The van der Waals surface area contributed by atoms with Gasteiger partial charge in [0, 0.05) is 18.5 Å². The lowest BCUT2D eigenvalue weighted by atomic mass is 10.0. The fraction of sp³-hybridized carbons (Fsp3) is 0.167. The molecular formula is C24H24N2O2. The maximum Gasteiger partial charge on any atom is 0.243 e. The zero-order chi connectivity index (χ0) is 19.6. The number of para-hydroxylation sites is 1. The van der Waals surface area contributed by atoms with Gasteiger partial charge in [0.15, 0.2) is 0 Å². The van der Waals surface area contributed by atoms with Crippen LogP contribution in [-0.4, -0.2) is 18.2 Å². The van der Waals surface area contributed by atoms with Gasteiger partial charge >= 0.3 is 0 Å². The Kier molecular flexibility index (Phi) is 6.96. The van der Waals surface area contributed by atoms with E-state index in [4.69, 9.17) is 0 Å². The predicted molar refractivity (Wildman–Crippen MR) is 112 cm³/mol. The van der Waals surface area contributed by atoms with Crippen LogP contribution < -0.4 is 10.6 Å². The number of rotatable bonds is 9. The molecule has 0 radical (unpaired) electrons. The molecule has 0 aliphatic heterocycles. The highest BCUT2D eigenvalue weighted by Gasteiger charge is 2.22. The van der Waals surface area contributed by atoms with Gasteiger partial charge in [-0.05, 0) is 23.3 Å². The van der Waals surface area contributed by atoms with E-state index < -0.39 is 6.04 Å². The monoisotopic (exact) mass is 372 g/mol. The summed E-state index contributed by atoms with van der Waals surface area (Å²) < 4.78 is 0. The molecule has 0 spiro atoms. The molecule has 0 aromatic heterocycles. The number of carbonyl (C=O) groups is 2. The number of aldehydes is 1. The topological polar surface area (TPSA) is 58.2 Å². The van der Waals surface area contributed by atoms with Crippen LogP contribution in [0, 0.1) is 0 Å². The van der Waals surface area contributed by atoms with Crippen molar-refractivity contribution in [1.29, 1.82) is 0 Å². The predicted octanol–water partition coefficient (Wildman–Crippen LogP) is 4.16. The molecule has 142 valence electrons. The van der Waals surface area contributed by atoms with E-state index >= 15 is 0 Å². The zero-order valence-corrected chi connectivity index (χ0v) is 15.6. The minimum Gasteiger partial charge on any atom is -0.373 e. The van der Waals surface area contributed by atoms with Gasteiger partial charge in [0.2, 0.25) is 5.91 Å². The normalized spacial score (nSPS) is 12.6. The second kappa shape index (κ2) is 10.1. The van der Waals surface area contributed by atoms with E-state index in [-0.39, 0.29) is 18.4 Å². The van der Waals surface area contributed by atoms with Gasteiger partial charge in [0.25, 0.3) is 0 Å². The average molecular weight is 372 g/mol. The first-order chi connectivity index (χ1) is 13.8. The smallest absolute Gasteiger partial charge is 0.243 e. The SMILES string of the molecule is O=CC[C@@H](NC(=O)[C@H](Cc1ccccc1)Nc1ccccc1)c1ccccc1. The first kappa shape index (κ1) is 19.4. The quantitative estimate of drug-likeness (QED) is 0.555. The van der Waals surface area contributed by atoms with Crippen molar-refractivity contribution >= 4 is 17.9 Å². The van der Waals surface area contributed by atoms with Gasteiger partial charge in [-0.2, -0.15) is 0 Å². The number of hydrogen-bond acceptors (Lipinski definition) is 3. The summed E-state index contributed by atoms with van der Waals surface area (Å²) in [6.45, 7) is 0. The summed E-state index contributed by atoms with van der Waals surface area (Å²) in [5.74, 6) is -0.136. The average Bonchev–Trinajstić information content (AvgIpc) is 2.75. The Morgan fingerprint density at radius 1 is 0.821 bits per heavy atom. The summed E-state index contributed by atoms with van der Waals surface area (Å²) in [5, 5.41) is 6.37. The Balaban J connectivity index is 1.79. The number of carbonyl (C=O) groups excluding carboxylic acids is 2. The Labute approximate surface area is 165 Å². The second-order valence-electron chi connectivity index (χ2n) is 6.63. The minimum atomic E-state index is -0.456. The van der Waals surface area contributed by atoms with Gasteiger partial charge in [-0.1, -0.05) is 78.9 Å². The van der Waals surface area contributed by atoms with E-state index in [9.17, 15) is 9.59 Å². The fourth-order valence-electron chi connectivity index (χ4n) is 3.13. The number of anilines is 1. The molecule has 0 saturated carbocycles. The third-order valence-electron chi connectivity index (χ3n) is 4.56.